The molecule has 0 aliphatic heterocycles. The van der Waals surface area contributed by atoms with Gasteiger partial charge in [0.2, 0.25) is 0 Å². The average Bonchev–Trinajstić information content (AvgIpc) is 2.75. The fraction of sp³-hybridized carbons (Fsp3) is 0.357. The van der Waals surface area contributed by atoms with Gasteiger partial charge in [0.25, 0.3) is 0 Å². The largest absolute Gasteiger partial charge is 0.0645 e. The second kappa shape index (κ2) is 8.78. The van der Waals surface area contributed by atoms with E-state index in [-0.39, 0.29) is 10.8 Å². The zero-order valence-corrected chi connectivity index (χ0v) is 17.9. The van der Waals surface area contributed by atoms with Gasteiger partial charge in [-0.15, -0.1) is 0 Å². The van der Waals surface area contributed by atoms with Crippen molar-refractivity contribution < 1.29 is 0 Å². The molecule has 0 radical (unpaired) electrons. The minimum atomic E-state index is 0.159. The molecule has 3 aromatic rings. The number of benzene rings is 3. The summed E-state index contributed by atoms with van der Waals surface area (Å²) in [7, 11) is 0. The Kier molecular flexibility index (Phi) is 6.39. The quantitative estimate of drug-likeness (QED) is 0.385. The summed E-state index contributed by atoms with van der Waals surface area (Å²) < 4.78 is 0. The van der Waals surface area contributed by atoms with E-state index in [1.54, 1.807) is 0 Å². The maximum Gasteiger partial charge on any atom is -0.00374 e. The molecule has 0 aliphatic rings. The maximum atomic E-state index is 2.46. The predicted molar refractivity (Wildman–Crippen MR) is 122 cm³/mol. The summed E-state index contributed by atoms with van der Waals surface area (Å²) in [5.41, 5.74) is 6.08. The van der Waals surface area contributed by atoms with Gasteiger partial charge in [-0.3, -0.25) is 0 Å². The van der Waals surface area contributed by atoms with Crippen LogP contribution < -0.4 is 0 Å². The molecular formula is C28H34. The lowest BCUT2D eigenvalue weighted by atomic mass is 9.72. The van der Waals surface area contributed by atoms with Gasteiger partial charge in [0.15, 0.2) is 0 Å². The molecule has 28 heavy (non-hydrogen) atoms. The first-order chi connectivity index (χ1) is 13.5. The summed E-state index contributed by atoms with van der Waals surface area (Å²) in [5, 5.41) is 0. The maximum absolute atomic E-state index is 2.46. The Morgan fingerprint density at radius 2 is 1.00 bits per heavy atom. The van der Waals surface area contributed by atoms with E-state index < -0.39 is 0 Å². The van der Waals surface area contributed by atoms with Crippen LogP contribution >= 0.6 is 0 Å². The second-order valence-corrected chi connectivity index (χ2v) is 8.73. The highest BCUT2D eigenvalue weighted by atomic mass is 14.3. The molecular weight excluding hydrogens is 336 g/mol. The summed E-state index contributed by atoms with van der Waals surface area (Å²) in [6, 6.07) is 31.2. The molecule has 0 aromatic heterocycles. The van der Waals surface area contributed by atoms with Gasteiger partial charge in [-0.25, -0.2) is 0 Å². The van der Waals surface area contributed by atoms with Crippen LogP contribution in [0.5, 0.6) is 0 Å². The topological polar surface area (TPSA) is 0 Å². The van der Waals surface area contributed by atoms with Crippen molar-refractivity contribution in [1.82, 2.24) is 0 Å². The molecule has 0 saturated carbocycles. The second-order valence-electron chi connectivity index (χ2n) is 8.73. The smallest absolute Gasteiger partial charge is 0.00374 e. The number of hydrogen-bond donors (Lipinski definition) is 0. The van der Waals surface area contributed by atoms with Crippen molar-refractivity contribution in [3.05, 3.63) is 107 Å². The molecule has 0 fully saturated rings. The number of rotatable bonds is 8. The Balaban J connectivity index is 1.88. The molecule has 0 spiro atoms. The van der Waals surface area contributed by atoms with Crippen molar-refractivity contribution in [3.63, 3.8) is 0 Å². The van der Waals surface area contributed by atoms with Crippen LogP contribution in [0.2, 0.25) is 0 Å². The van der Waals surface area contributed by atoms with E-state index in [0.29, 0.717) is 0 Å². The highest BCUT2D eigenvalue weighted by Gasteiger charge is 2.28. The standard InChI is InChI=1S/C28H34/c1-5-27(3,25-17-11-8-12-18-25)22-24-16-13-19-26(20-24)28(4,6-2)21-23-14-9-7-10-15-23/h7-20H,5-6,21-22H2,1-4H3. The van der Waals surface area contributed by atoms with Gasteiger partial charge in [0.05, 0.1) is 0 Å². The Bertz CT molecular complexity index is 865. The number of hydrogen-bond acceptors (Lipinski definition) is 0. The van der Waals surface area contributed by atoms with E-state index in [1.165, 1.54) is 22.3 Å². The summed E-state index contributed by atoms with van der Waals surface area (Å²) in [5.74, 6) is 0. The lowest BCUT2D eigenvalue weighted by Gasteiger charge is -2.32. The molecule has 3 aromatic carbocycles. The predicted octanol–water partition coefficient (Wildman–Crippen LogP) is 7.51. The van der Waals surface area contributed by atoms with E-state index in [0.717, 1.165) is 25.7 Å². The van der Waals surface area contributed by atoms with Gasteiger partial charge in [-0.1, -0.05) is 113 Å². The van der Waals surface area contributed by atoms with Crippen LogP contribution in [0.4, 0.5) is 0 Å². The first-order valence-electron chi connectivity index (χ1n) is 10.7. The van der Waals surface area contributed by atoms with E-state index in [9.17, 15) is 0 Å². The molecule has 146 valence electrons. The molecule has 3 rings (SSSR count). The molecule has 0 N–H and O–H groups in total. The normalized spacial score (nSPS) is 15.6. The highest BCUT2D eigenvalue weighted by Crippen LogP contribution is 2.35. The fourth-order valence-electron chi connectivity index (χ4n) is 4.26. The third-order valence-electron chi connectivity index (χ3n) is 6.69. The zero-order valence-electron chi connectivity index (χ0n) is 17.9. The Morgan fingerprint density at radius 3 is 1.61 bits per heavy atom. The fourth-order valence-corrected chi connectivity index (χ4v) is 4.26. The van der Waals surface area contributed by atoms with Crippen molar-refractivity contribution >= 4 is 0 Å². The van der Waals surface area contributed by atoms with Crippen molar-refractivity contribution in [2.75, 3.05) is 0 Å². The Labute approximate surface area is 171 Å². The molecule has 0 saturated heterocycles. The van der Waals surface area contributed by atoms with E-state index in [4.69, 9.17) is 0 Å². The van der Waals surface area contributed by atoms with Crippen molar-refractivity contribution in [2.24, 2.45) is 0 Å². The molecule has 0 heteroatoms. The van der Waals surface area contributed by atoms with Crippen molar-refractivity contribution in [2.45, 2.75) is 64.2 Å². The first kappa shape index (κ1) is 20.4. The van der Waals surface area contributed by atoms with Gasteiger partial charge in [0, 0.05) is 0 Å². The van der Waals surface area contributed by atoms with E-state index in [1.807, 2.05) is 0 Å². The Hall–Kier alpha value is -2.34. The highest BCUT2D eigenvalue weighted by molar-refractivity contribution is 5.35. The molecule has 0 nitrogen and oxygen atoms in total. The van der Waals surface area contributed by atoms with E-state index in [2.05, 4.69) is 113 Å². The van der Waals surface area contributed by atoms with Gasteiger partial charge in [0.1, 0.15) is 0 Å². The van der Waals surface area contributed by atoms with Crippen molar-refractivity contribution in [3.8, 4) is 0 Å². The van der Waals surface area contributed by atoms with Crippen LogP contribution in [0.15, 0.2) is 84.9 Å². The van der Waals surface area contributed by atoms with Gasteiger partial charge < -0.3 is 0 Å². The first-order valence-corrected chi connectivity index (χ1v) is 10.7. The van der Waals surface area contributed by atoms with Crippen LogP contribution in [0.25, 0.3) is 0 Å². The molecule has 2 unspecified atom stereocenters. The lowest BCUT2D eigenvalue weighted by molar-refractivity contribution is 0.442. The summed E-state index contributed by atoms with van der Waals surface area (Å²) in [6.45, 7) is 9.44. The summed E-state index contributed by atoms with van der Waals surface area (Å²) in [4.78, 5) is 0. The lowest BCUT2D eigenvalue weighted by Crippen LogP contribution is -2.26. The van der Waals surface area contributed by atoms with Crippen LogP contribution in [-0.2, 0) is 23.7 Å². The third-order valence-corrected chi connectivity index (χ3v) is 6.69. The van der Waals surface area contributed by atoms with Gasteiger partial charge in [-0.2, -0.15) is 0 Å². The minimum absolute atomic E-state index is 0.159. The zero-order chi connectivity index (χ0) is 20.0. The molecule has 0 aliphatic carbocycles. The molecule has 0 bridgehead atoms. The van der Waals surface area contributed by atoms with Crippen LogP contribution in [0.3, 0.4) is 0 Å². The van der Waals surface area contributed by atoms with E-state index >= 15 is 0 Å². The monoisotopic (exact) mass is 370 g/mol. The molecule has 0 heterocycles. The average molecular weight is 371 g/mol. The van der Waals surface area contributed by atoms with Gasteiger partial charge in [-0.05, 0) is 58.8 Å². The molecule has 0 amide bonds. The summed E-state index contributed by atoms with van der Waals surface area (Å²) in [6.07, 6.45) is 4.43. The van der Waals surface area contributed by atoms with Gasteiger partial charge >= 0.3 is 0 Å². The van der Waals surface area contributed by atoms with Crippen molar-refractivity contribution in [1.29, 1.82) is 0 Å². The Morgan fingerprint density at radius 1 is 0.536 bits per heavy atom. The molecule has 2 atom stereocenters. The minimum Gasteiger partial charge on any atom is -0.0645 e. The van der Waals surface area contributed by atoms with Crippen LogP contribution in [0.1, 0.15) is 62.8 Å². The van der Waals surface area contributed by atoms with Crippen LogP contribution in [0, 0.1) is 0 Å². The third kappa shape index (κ3) is 4.55. The SMILES string of the molecule is CCC(C)(Cc1cccc(C(C)(CC)Cc2ccccc2)c1)c1ccccc1. The van der Waals surface area contributed by atoms with Crippen LogP contribution in [-0.4, -0.2) is 0 Å². The summed E-state index contributed by atoms with van der Waals surface area (Å²) >= 11 is 0.